The maximum absolute atomic E-state index is 14.6. The van der Waals surface area contributed by atoms with Crippen molar-refractivity contribution in [2.75, 3.05) is 19.7 Å². The summed E-state index contributed by atoms with van der Waals surface area (Å²) in [5.74, 6) is -2.33. The van der Waals surface area contributed by atoms with Gasteiger partial charge in [-0.3, -0.25) is 14.4 Å². The molecule has 2 aromatic rings. The number of ether oxygens (including phenoxy) is 1. The predicted molar refractivity (Wildman–Crippen MR) is 164 cm³/mol. The van der Waals surface area contributed by atoms with Crippen molar-refractivity contribution in [1.82, 2.24) is 14.7 Å². The van der Waals surface area contributed by atoms with E-state index in [4.69, 9.17) is 4.74 Å². The van der Waals surface area contributed by atoms with Crippen molar-refractivity contribution in [3.8, 4) is 0 Å². The molecule has 2 bridgehead atoms. The number of aliphatic hydroxyl groups excluding tert-OH is 1. The molecule has 3 aliphatic rings. The number of aliphatic hydroxyl groups is 1. The summed E-state index contributed by atoms with van der Waals surface area (Å²) < 4.78 is 6.84. The number of carbonyl (C=O) groups is 3. The van der Waals surface area contributed by atoms with Gasteiger partial charge in [0.05, 0.1) is 30.1 Å². The number of likely N-dealkylation sites (tertiary alicyclic amines) is 1. The van der Waals surface area contributed by atoms with Crippen molar-refractivity contribution in [1.29, 1.82) is 0 Å². The fourth-order valence-corrected chi connectivity index (χ4v) is 7.58. The monoisotopic (exact) mass is 585 g/mol. The van der Waals surface area contributed by atoms with Gasteiger partial charge in [0.1, 0.15) is 11.6 Å². The molecule has 2 unspecified atom stereocenters. The zero-order valence-corrected chi connectivity index (χ0v) is 25.2. The summed E-state index contributed by atoms with van der Waals surface area (Å²) in [6, 6.07) is 17.9. The van der Waals surface area contributed by atoms with Gasteiger partial charge in [0.15, 0.2) is 0 Å². The molecule has 1 spiro atoms. The highest BCUT2D eigenvalue weighted by atomic mass is 16.5. The Balaban J connectivity index is 1.55. The van der Waals surface area contributed by atoms with Crippen LogP contribution in [-0.4, -0.2) is 80.5 Å². The van der Waals surface area contributed by atoms with E-state index < -0.39 is 35.1 Å². The molecule has 6 atom stereocenters. The second-order valence-corrected chi connectivity index (χ2v) is 12.2. The van der Waals surface area contributed by atoms with Crippen molar-refractivity contribution >= 4 is 17.7 Å². The average Bonchev–Trinajstić information content (AvgIpc) is 3.58. The van der Waals surface area contributed by atoms with Crippen molar-refractivity contribution < 1.29 is 24.2 Å². The summed E-state index contributed by atoms with van der Waals surface area (Å²) >= 11 is 0. The first-order valence-corrected chi connectivity index (χ1v) is 15.2. The third-order valence-electron chi connectivity index (χ3n) is 9.54. The SMILES string of the molecule is C=CCN(Cc1ccccc1)C(=O)C1N([C@@H](CC)CO)C(=O)[C@@H]2[C@@H](C(=O)N(CC=C)Cc3ccccc3)[C@@]3(C)CCC12O3. The number of carbonyl (C=O) groups excluding carboxylic acids is 3. The summed E-state index contributed by atoms with van der Waals surface area (Å²) in [6.45, 7) is 12.6. The lowest BCUT2D eigenvalue weighted by atomic mass is 9.66. The van der Waals surface area contributed by atoms with Crippen LogP contribution < -0.4 is 0 Å². The minimum atomic E-state index is -1.17. The first kappa shape index (κ1) is 30.7. The summed E-state index contributed by atoms with van der Waals surface area (Å²) in [4.78, 5) is 48.6. The Morgan fingerprint density at radius 3 is 2.00 bits per heavy atom. The number of hydrogen-bond acceptors (Lipinski definition) is 5. The molecule has 3 aliphatic heterocycles. The topological polar surface area (TPSA) is 90.4 Å². The van der Waals surface area contributed by atoms with E-state index in [-0.39, 0.29) is 30.9 Å². The third kappa shape index (κ3) is 5.31. The third-order valence-corrected chi connectivity index (χ3v) is 9.54. The molecule has 228 valence electrons. The van der Waals surface area contributed by atoms with Gasteiger partial charge in [-0.15, -0.1) is 13.2 Å². The number of hydrogen-bond donors (Lipinski definition) is 1. The van der Waals surface area contributed by atoms with Gasteiger partial charge in [0.25, 0.3) is 0 Å². The van der Waals surface area contributed by atoms with Gasteiger partial charge < -0.3 is 24.5 Å². The van der Waals surface area contributed by atoms with Crippen LogP contribution in [0.4, 0.5) is 0 Å². The minimum Gasteiger partial charge on any atom is -0.394 e. The molecule has 2 aromatic carbocycles. The summed E-state index contributed by atoms with van der Waals surface area (Å²) in [7, 11) is 0. The van der Waals surface area contributed by atoms with Crippen LogP contribution in [0.25, 0.3) is 0 Å². The lowest BCUT2D eigenvalue weighted by molar-refractivity contribution is -0.156. The molecule has 8 nitrogen and oxygen atoms in total. The van der Waals surface area contributed by atoms with Crippen LogP contribution >= 0.6 is 0 Å². The molecular weight excluding hydrogens is 542 g/mol. The second kappa shape index (κ2) is 12.5. The summed E-state index contributed by atoms with van der Waals surface area (Å²) in [6.07, 6.45) is 4.86. The highest BCUT2D eigenvalue weighted by Gasteiger charge is 2.78. The van der Waals surface area contributed by atoms with E-state index >= 15 is 0 Å². The largest absolute Gasteiger partial charge is 0.394 e. The van der Waals surface area contributed by atoms with Crippen LogP contribution in [-0.2, 0) is 32.2 Å². The molecule has 0 aliphatic carbocycles. The Kier molecular flexibility index (Phi) is 8.90. The second-order valence-electron chi connectivity index (χ2n) is 12.2. The van der Waals surface area contributed by atoms with Gasteiger partial charge in [0.2, 0.25) is 17.7 Å². The van der Waals surface area contributed by atoms with Gasteiger partial charge in [-0.05, 0) is 37.3 Å². The lowest BCUT2D eigenvalue weighted by Crippen LogP contribution is -2.58. The summed E-state index contributed by atoms with van der Waals surface area (Å²) in [5.41, 5.74) is -0.146. The Labute approximate surface area is 254 Å². The van der Waals surface area contributed by atoms with Crippen molar-refractivity contribution in [3.63, 3.8) is 0 Å². The lowest BCUT2D eigenvalue weighted by Gasteiger charge is -2.39. The normalized spacial score (nSPS) is 27.9. The van der Waals surface area contributed by atoms with E-state index in [1.807, 2.05) is 74.5 Å². The molecule has 3 saturated heterocycles. The molecule has 0 radical (unpaired) electrons. The van der Waals surface area contributed by atoms with E-state index in [0.717, 1.165) is 11.1 Å². The van der Waals surface area contributed by atoms with Crippen molar-refractivity contribution in [3.05, 3.63) is 97.1 Å². The first-order chi connectivity index (χ1) is 20.7. The van der Waals surface area contributed by atoms with E-state index in [2.05, 4.69) is 13.2 Å². The standard InChI is InChI=1S/C35H43N3O5/c1-5-20-36(22-25-14-10-8-11-15-25)31(40)28-29-32(41)38(27(7-3)24-39)30(35(29)19-18-34(28,4)43-35)33(42)37(21-6-2)23-26-16-12-9-13-17-26/h5-6,8-17,27-30,39H,1-2,7,18-24H2,3-4H3/t27-,28-,29-,30?,34+,35?/m0/s1. The van der Waals surface area contributed by atoms with Crippen LogP contribution in [0.1, 0.15) is 44.2 Å². The van der Waals surface area contributed by atoms with Gasteiger partial charge in [-0.2, -0.15) is 0 Å². The van der Waals surface area contributed by atoms with Crippen LogP contribution in [0.15, 0.2) is 86.0 Å². The number of nitrogens with zero attached hydrogens (tertiary/aromatic N) is 3. The molecule has 5 rings (SSSR count). The summed E-state index contributed by atoms with van der Waals surface area (Å²) in [5, 5.41) is 10.4. The molecule has 0 saturated carbocycles. The highest BCUT2D eigenvalue weighted by molar-refractivity contribution is 5.99. The average molecular weight is 586 g/mol. The van der Waals surface area contributed by atoms with E-state index in [0.29, 0.717) is 38.9 Å². The Morgan fingerprint density at radius 1 is 0.977 bits per heavy atom. The predicted octanol–water partition coefficient (Wildman–Crippen LogP) is 3.95. The van der Waals surface area contributed by atoms with Gasteiger partial charge >= 0.3 is 0 Å². The zero-order chi connectivity index (χ0) is 30.8. The van der Waals surface area contributed by atoms with E-state index in [1.165, 1.54) is 0 Å². The number of rotatable bonds is 13. The number of amides is 3. The highest BCUT2D eigenvalue weighted by Crippen LogP contribution is 2.64. The maximum atomic E-state index is 14.6. The Morgan fingerprint density at radius 2 is 1.51 bits per heavy atom. The molecule has 0 aromatic heterocycles. The number of benzene rings is 2. The molecular formula is C35H43N3O5. The fourth-order valence-electron chi connectivity index (χ4n) is 7.58. The minimum absolute atomic E-state index is 0.177. The van der Waals surface area contributed by atoms with Crippen LogP contribution in [0.5, 0.6) is 0 Å². The van der Waals surface area contributed by atoms with E-state index in [9.17, 15) is 19.5 Å². The molecule has 1 N–H and O–H groups in total. The number of fused-ring (bicyclic) bond motifs is 1. The Bertz CT molecular complexity index is 1350. The van der Waals surface area contributed by atoms with E-state index in [1.54, 1.807) is 26.9 Å². The van der Waals surface area contributed by atoms with Crippen molar-refractivity contribution in [2.24, 2.45) is 11.8 Å². The molecule has 8 heteroatoms. The van der Waals surface area contributed by atoms with Gasteiger partial charge in [-0.25, -0.2) is 0 Å². The molecule has 43 heavy (non-hydrogen) atoms. The molecule has 3 amide bonds. The van der Waals surface area contributed by atoms with Crippen LogP contribution in [0.3, 0.4) is 0 Å². The smallest absolute Gasteiger partial charge is 0.249 e. The maximum Gasteiger partial charge on any atom is 0.249 e. The van der Waals surface area contributed by atoms with Crippen molar-refractivity contribution in [2.45, 2.75) is 69.5 Å². The molecule has 3 heterocycles. The van der Waals surface area contributed by atoms with Gasteiger partial charge in [-0.1, -0.05) is 79.7 Å². The zero-order valence-electron chi connectivity index (χ0n) is 25.2. The first-order valence-electron chi connectivity index (χ1n) is 15.2. The van der Waals surface area contributed by atoms with Crippen LogP contribution in [0.2, 0.25) is 0 Å². The fraction of sp³-hybridized carbons (Fsp3) is 0.457. The van der Waals surface area contributed by atoms with Gasteiger partial charge in [0, 0.05) is 26.2 Å². The molecule has 3 fully saturated rings. The Hall–Kier alpha value is -3.75. The quantitative estimate of drug-likeness (QED) is 0.360. The van der Waals surface area contributed by atoms with Crippen LogP contribution in [0, 0.1) is 11.8 Å².